The van der Waals surface area contributed by atoms with Crippen LogP contribution in [0.5, 0.6) is 0 Å². The number of alkyl carbamates (subject to hydrolysis) is 1. The fourth-order valence-corrected chi connectivity index (χ4v) is 5.59. The normalized spacial score (nSPS) is 13.4. The standard InChI is InChI=1S/C24H17BrN2O4S/c25-13-9-10-19-20(11-13)32-22(26-19)21(23(28)29)27-24(30)31-12-18-16-7-3-1-5-14(16)15-6-2-4-8-17(15)18/h1-11,18,21H,12H2,(H,27,30)(H,28,29). The second-order valence-electron chi connectivity index (χ2n) is 7.41. The molecule has 0 saturated heterocycles. The van der Waals surface area contributed by atoms with E-state index in [4.69, 9.17) is 4.74 Å². The average Bonchev–Trinajstić information content (AvgIpc) is 3.34. The maximum Gasteiger partial charge on any atom is 0.408 e. The van der Waals surface area contributed by atoms with E-state index >= 15 is 0 Å². The van der Waals surface area contributed by atoms with Crippen molar-refractivity contribution in [3.05, 3.63) is 87.3 Å². The number of halogens is 1. The summed E-state index contributed by atoms with van der Waals surface area (Å²) in [6, 6.07) is 20.3. The molecule has 1 aromatic heterocycles. The van der Waals surface area contributed by atoms with Crippen LogP contribution in [0, 0.1) is 0 Å². The highest BCUT2D eigenvalue weighted by Crippen LogP contribution is 2.44. The summed E-state index contributed by atoms with van der Waals surface area (Å²) >= 11 is 4.62. The van der Waals surface area contributed by atoms with Gasteiger partial charge in [0.25, 0.3) is 0 Å². The first kappa shape index (κ1) is 20.7. The first-order chi connectivity index (χ1) is 15.5. The van der Waals surface area contributed by atoms with Gasteiger partial charge in [-0.05, 0) is 40.5 Å². The number of carboxylic acids is 1. The van der Waals surface area contributed by atoms with Gasteiger partial charge in [0.15, 0.2) is 6.04 Å². The average molecular weight is 509 g/mol. The highest BCUT2D eigenvalue weighted by molar-refractivity contribution is 9.10. The minimum absolute atomic E-state index is 0.101. The fraction of sp³-hybridized carbons (Fsp3) is 0.125. The quantitative estimate of drug-likeness (QED) is 0.359. The molecule has 0 bridgehead atoms. The number of ether oxygens (including phenoxy) is 1. The van der Waals surface area contributed by atoms with Crippen LogP contribution in [-0.2, 0) is 9.53 Å². The van der Waals surface area contributed by atoms with Crippen LogP contribution in [0.15, 0.2) is 71.2 Å². The molecule has 1 amide bonds. The van der Waals surface area contributed by atoms with Crippen LogP contribution in [-0.4, -0.2) is 28.8 Å². The van der Waals surface area contributed by atoms with Gasteiger partial charge >= 0.3 is 12.1 Å². The van der Waals surface area contributed by atoms with Crippen LogP contribution >= 0.6 is 27.3 Å². The van der Waals surface area contributed by atoms with E-state index in [1.54, 1.807) is 6.07 Å². The van der Waals surface area contributed by atoms with Crippen LogP contribution in [0.2, 0.25) is 0 Å². The summed E-state index contributed by atoms with van der Waals surface area (Å²) < 4.78 is 7.19. The predicted octanol–water partition coefficient (Wildman–Crippen LogP) is 5.72. The number of thiazole rings is 1. The van der Waals surface area contributed by atoms with E-state index in [0.717, 1.165) is 31.4 Å². The predicted molar refractivity (Wildman–Crippen MR) is 126 cm³/mol. The Morgan fingerprint density at radius 2 is 1.72 bits per heavy atom. The van der Waals surface area contributed by atoms with Crippen molar-refractivity contribution in [2.45, 2.75) is 12.0 Å². The molecule has 8 heteroatoms. The Morgan fingerprint density at radius 3 is 2.38 bits per heavy atom. The number of amides is 1. The van der Waals surface area contributed by atoms with Crippen molar-refractivity contribution < 1.29 is 19.4 Å². The van der Waals surface area contributed by atoms with Crippen LogP contribution in [0.4, 0.5) is 4.79 Å². The number of fused-ring (bicyclic) bond motifs is 4. The minimum atomic E-state index is -1.29. The van der Waals surface area contributed by atoms with E-state index in [9.17, 15) is 14.7 Å². The second-order valence-corrected chi connectivity index (χ2v) is 9.38. The zero-order chi connectivity index (χ0) is 22.2. The summed E-state index contributed by atoms with van der Waals surface area (Å²) in [5.74, 6) is -1.30. The van der Waals surface area contributed by atoms with E-state index in [2.05, 4.69) is 38.4 Å². The van der Waals surface area contributed by atoms with Crippen LogP contribution < -0.4 is 5.32 Å². The first-order valence-corrected chi connectivity index (χ1v) is 11.5. The molecule has 0 fully saturated rings. The molecule has 1 unspecified atom stereocenters. The number of aromatic nitrogens is 1. The molecule has 1 aliphatic carbocycles. The molecular weight excluding hydrogens is 492 g/mol. The van der Waals surface area contributed by atoms with Gasteiger partial charge < -0.3 is 15.2 Å². The lowest BCUT2D eigenvalue weighted by atomic mass is 9.98. The van der Waals surface area contributed by atoms with Gasteiger partial charge in [-0.1, -0.05) is 64.5 Å². The second kappa shape index (κ2) is 8.37. The number of carboxylic acid groups (broad SMARTS) is 1. The summed E-state index contributed by atoms with van der Waals surface area (Å²) in [4.78, 5) is 28.8. The minimum Gasteiger partial charge on any atom is -0.479 e. The van der Waals surface area contributed by atoms with Crippen molar-refractivity contribution in [1.82, 2.24) is 10.3 Å². The Kier molecular flexibility index (Phi) is 5.40. The number of rotatable bonds is 5. The maximum absolute atomic E-state index is 12.6. The Hall–Kier alpha value is -3.23. The summed E-state index contributed by atoms with van der Waals surface area (Å²) in [6.07, 6.45) is -0.792. The van der Waals surface area contributed by atoms with Crippen molar-refractivity contribution in [2.75, 3.05) is 6.61 Å². The molecule has 1 heterocycles. The number of hydrogen-bond acceptors (Lipinski definition) is 5. The van der Waals surface area contributed by atoms with E-state index in [1.165, 1.54) is 11.3 Å². The zero-order valence-corrected chi connectivity index (χ0v) is 19.0. The number of aliphatic carboxylic acids is 1. The Balaban J connectivity index is 1.33. The highest BCUT2D eigenvalue weighted by atomic mass is 79.9. The first-order valence-electron chi connectivity index (χ1n) is 9.91. The number of carbonyl (C=O) groups excluding carboxylic acids is 1. The number of carbonyl (C=O) groups is 2. The SMILES string of the molecule is O=C(NC(C(=O)O)c1nc2ccc(Br)cc2s1)OCC1c2ccccc2-c2ccccc21. The largest absolute Gasteiger partial charge is 0.479 e. The fourth-order valence-electron chi connectivity index (χ4n) is 4.03. The number of benzene rings is 3. The molecule has 6 nitrogen and oxygen atoms in total. The number of nitrogens with one attached hydrogen (secondary N) is 1. The molecule has 0 radical (unpaired) electrons. The zero-order valence-electron chi connectivity index (χ0n) is 16.6. The smallest absolute Gasteiger partial charge is 0.408 e. The molecule has 1 aliphatic rings. The Bertz CT molecular complexity index is 1310. The molecule has 0 spiro atoms. The van der Waals surface area contributed by atoms with E-state index in [0.29, 0.717) is 10.5 Å². The lowest BCUT2D eigenvalue weighted by Gasteiger charge is -2.16. The van der Waals surface area contributed by atoms with E-state index in [1.807, 2.05) is 48.5 Å². The molecule has 0 saturated carbocycles. The Labute approximate surface area is 196 Å². The van der Waals surface area contributed by atoms with Crippen molar-refractivity contribution in [3.8, 4) is 11.1 Å². The molecule has 4 aromatic rings. The highest BCUT2D eigenvalue weighted by Gasteiger charge is 2.31. The Morgan fingerprint density at radius 1 is 1.06 bits per heavy atom. The maximum atomic E-state index is 12.6. The van der Waals surface area contributed by atoms with E-state index < -0.39 is 18.1 Å². The third-order valence-corrected chi connectivity index (χ3v) is 7.04. The third kappa shape index (κ3) is 3.76. The van der Waals surface area contributed by atoms with Gasteiger partial charge in [0.1, 0.15) is 11.6 Å². The molecule has 160 valence electrons. The van der Waals surface area contributed by atoms with Gasteiger partial charge in [-0.15, -0.1) is 11.3 Å². The molecule has 2 N–H and O–H groups in total. The number of nitrogens with zero attached hydrogens (tertiary/aromatic N) is 1. The van der Waals surface area contributed by atoms with Gasteiger partial charge in [-0.3, -0.25) is 0 Å². The van der Waals surface area contributed by atoms with Crippen LogP contribution in [0.1, 0.15) is 28.1 Å². The topological polar surface area (TPSA) is 88.5 Å². The molecule has 0 aliphatic heterocycles. The van der Waals surface area contributed by atoms with Crippen LogP contribution in [0.3, 0.4) is 0 Å². The summed E-state index contributed by atoms with van der Waals surface area (Å²) in [5.41, 5.74) is 5.11. The number of hydrogen-bond donors (Lipinski definition) is 2. The van der Waals surface area contributed by atoms with Crippen molar-refractivity contribution >= 4 is 49.5 Å². The van der Waals surface area contributed by atoms with Gasteiger partial charge in [0.05, 0.1) is 10.2 Å². The van der Waals surface area contributed by atoms with Crippen molar-refractivity contribution in [1.29, 1.82) is 0 Å². The monoisotopic (exact) mass is 508 g/mol. The van der Waals surface area contributed by atoms with Crippen molar-refractivity contribution in [3.63, 3.8) is 0 Å². The molecule has 3 aromatic carbocycles. The summed E-state index contributed by atoms with van der Waals surface area (Å²) in [5, 5.41) is 12.4. The lowest BCUT2D eigenvalue weighted by Crippen LogP contribution is -2.34. The molecular formula is C24H17BrN2O4S. The van der Waals surface area contributed by atoms with Gasteiger partial charge in [0, 0.05) is 10.4 Å². The van der Waals surface area contributed by atoms with Gasteiger partial charge in [0.2, 0.25) is 0 Å². The summed E-state index contributed by atoms with van der Waals surface area (Å²) in [7, 11) is 0. The summed E-state index contributed by atoms with van der Waals surface area (Å²) in [6.45, 7) is 0.110. The van der Waals surface area contributed by atoms with Crippen molar-refractivity contribution in [2.24, 2.45) is 0 Å². The molecule has 32 heavy (non-hydrogen) atoms. The van der Waals surface area contributed by atoms with Gasteiger partial charge in [-0.25, -0.2) is 14.6 Å². The molecule has 1 atom stereocenters. The lowest BCUT2D eigenvalue weighted by molar-refractivity contribution is -0.139. The third-order valence-electron chi connectivity index (χ3n) is 5.47. The van der Waals surface area contributed by atoms with Gasteiger partial charge in [-0.2, -0.15) is 0 Å². The van der Waals surface area contributed by atoms with E-state index in [-0.39, 0.29) is 12.5 Å². The van der Waals surface area contributed by atoms with Crippen LogP contribution in [0.25, 0.3) is 21.3 Å². The molecule has 5 rings (SSSR count).